The van der Waals surface area contributed by atoms with E-state index in [4.69, 9.17) is 4.74 Å². The molecule has 1 N–H and O–H groups in total. The van der Waals surface area contributed by atoms with Crippen molar-refractivity contribution in [3.8, 4) is 5.75 Å². The predicted molar refractivity (Wildman–Crippen MR) is 117 cm³/mol. The monoisotopic (exact) mass is 430 g/mol. The number of piperidine rings is 1. The van der Waals surface area contributed by atoms with Gasteiger partial charge in [-0.1, -0.05) is 18.2 Å². The van der Waals surface area contributed by atoms with Crippen LogP contribution >= 0.6 is 0 Å². The molecule has 6 nitrogen and oxygen atoms in total. The summed E-state index contributed by atoms with van der Waals surface area (Å²) in [6.07, 6.45) is 1.34. The highest BCUT2D eigenvalue weighted by atomic mass is 32.2. The van der Waals surface area contributed by atoms with Crippen molar-refractivity contribution in [3.05, 3.63) is 59.2 Å². The highest BCUT2D eigenvalue weighted by molar-refractivity contribution is 7.89. The minimum atomic E-state index is -3.65. The van der Waals surface area contributed by atoms with Gasteiger partial charge in [0.2, 0.25) is 15.9 Å². The first-order valence-electron chi connectivity index (χ1n) is 10.2. The number of benzene rings is 2. The van der Waals surface area contributed by atoms with Gasteiger partial charge in [-0.15, -0.1) is 0 Å². The third-order valence-corrected chi connectivity index (χ3v) is 7.72. The van der Waals surface area contributed by atoms with Crippen LogP contribution < -0.4 is 10.1 Å². The van der Waals surface area contributed by atoms with E-state index in [1.54, 1.807) is 24.3 Å². The Hall–Kier alpha value is -2.38. The first kappa shape index (κ1) is 22.3. The Morgan fingerprint density at radius 2 is 1.83 bits per heavy atom. The number of ether oxygens (including phenoxy) is 1. The minimum Gasteiger partial charge on any atom is -0.497 e. The summed E-state index contributed by atoms with van der Waals surface area (Å²) in [5.74, 6) is 0.140. The predicted octanol–water partition coefficient (Wildman–Crippen LogP) is 3.59. The van der Waals surface area contributed by atoms with E-state index >= 15 is 0 Å². The lowest BCUT2D eigenvalue weighted by molar-refractivity contribution is -0.126. The standard InChI is InChI=1S/C23H30N2O4S/c1-16-7-8-19(14-17(16)2)18(3)24-23(26)20-6-5-13-25(15-20)30(27,28)22-11-9-21(29-4)10-12-22/h7-12,14,18,20H,5-6,13,15H2,1-4H3,(H,24,26). The maximum atomic E-state index is 13.0. The number of sulfonamides is 1. The van der Waals surface area contributed by atoms with E-state index in [1.807, 2.05) is 13.0 Å². The Balaban J connectivity index is 1.68. The number of nitrogens with one attached hydrogen (secondary N) is 1. The van der Waals surface area contributed by atoms with Crippen molar-refractivity contribution < 1.29 is 17.9 Å². The number of amides is 1. The van der Waals surface area contributed by atoms with E-state index in [-0.39, 0.29) is 29.3 Å². The van der Waals surface area contributed by atoms with Gasteiger partial charge in [0.25, 0.3) is 0 Å². The van der Waals surface area contributed by atoms with Gasteiger partial charge in [0.1, 0.15) is 5.75 Å². The number of carbonyl (C=O) groups excluding carboxylic acids is 1. The summed E-state index contributed by atoms with van der Waals surface area (Å²) in [5.41, 5.74) is 3.44. The molecule has 1 aliphatic heterocycles. The Bertz CT molecular complexity index is 1000. The molecule has 0 spiro atoms. The maximum Gasteiger partial charge on any atom is 0.243 e. The van der Waals surface area contributed by atoms with Gasteiger partial charge in [-0.25, -0.2) is 8.42 Å². The van der Waals surface area contributed by atoms with Crippen molar-refractivity contribution in [1.82, 2.24) is 9.62 Å². The van der Waals surface area contributed by atoms with Crippen LogP contribution in [0.5, 0.6) is 5.75 Å². The maximum absolute atomic E-state index is 13.0. The van der Waals surface area contributed by atoms with Crippen LogP contribution in [0.4, 0.5) is 0 Å². The lowest BCUT2D eigenvalue weighted by Crippen LogP contribution is -2.45. The van der Waals surface area contributed by atoms with Gasteiger partial charge in [0.05, 0.1) is 24.0 Å². The molecule has 1 heterocycles. The van der Waals surface area contributed by atoms with Gasteiger partial charge in [-0.3, -0.25) is 4.79 Å². The van der Waals surface area contributed by atoms with Crippen molar-refractivity contribution in [2.24, 2.45) is 5.92 Å². The van der Waals surface area contributed by atoms with Crippen LogP contribution in [-0.2, 0) is 14.8 Å². The molecule has 0 aromatic heterocycles. The largest absolute Gasteiger partial charge is 0.497 e. The lowest BCUT2D eigenvalue weighted by Gasteiger charge is -2.32. The highest BCUT2D eigenvalue weighted by Crippen LogP contribution is 2.26. The SMILES string of the molecule is COc1ccc(S(=O)(=O)N2CCCC(C(=O)NC(C)c3ccc(C)c(C)c3)C2)cc1. The molecule has 0 saturated carbocycles. The second kappa shape index (κ2) is 9.18. The topological polar surface area (TPSA) is 75.7 Å². The summed E-state index contributed by atoms with van der Waals surface area (Å²) >= 11 is 0. The molecular weight excluding hydrogens is 400 g/mol. The zero-order valence-corrected chi connectivity index (χ0v) is 18.8. The normalized spacial score (nSPS) is 18.6. The first-order valence-corrected chi connectivity index (χ1v) is 11.7. The highest BCUT2D eigenvalue weighted by Gasteiger charge is 2.33. The van der Waals surface area contributed by atoms with E-state index in [1.165, 1.54) is 22.5 Å². The second-order valence-electron chi connectivity index (χ2n) is 7.95. The molecule has 1 aliphatic rings. The van der Waals surface area contributed by atoms with Gasteiger partial charge in [0, 0.05) is 13.1 Å². The van der Waals surface area contributed by atoms with Gasteiger partial charge >= 0.3 is 0 Å². The molecule has 0 aliphatic carbocycles. The van der Waals surface area contributed by atoms with Crippen LogP contribution in [0.25, 0.3) is 0 Å². The zero-order chi connectivity index (χ0) is 21.9. The molecule has 0 bridgehead atoms. The summed E-state index contributed by atoms with van der Waals surface area (Å²) in [6.45, 7) is 6.68. The molecule has 2 aromatic rings. The van der Waals surface area contributed by atoms with E-state index in [0.29, 0.717) is 25.1 Å². The van der Waals surface area contributed by atoms with Gasteiger partial charge < -0.3 is 10.1 Å². The van der Waals surface area contributed by atoms with Crippen LogP contribution in [0.1, 0.15) is 42.5 Å². The average Bonchev–Trinajstić information content (AvgIpc) is 2.75. The fourth-order valence-electron chi connectivity index (χ4n) is 3.72. The van der Waals surface area contributed by atoms with Gasteiger partial charge in [-0.05, 0) is 74.6 Å². The first-order chi connectivity index (χ1) is 14.2. The molecule has 1 fully saturated rings. The molecule has 30 heavy (non-hydrogen) atoms. The molecule has 2 unspecified atom stereocenters. The molecule has 162 valence electrons. The molecule has 2 aromatic carbocycles. The third kappa shape index (κ3) is 4.84. The molecule has 3 rings (SSSR count). The molecular formula is C23H30N2O4S. The molecule has 0 radical (unpaired) electrons. The molecule has 1 amide bonds. The van der Waals surface area contributed by atoms with E-state index < -0.39 is 10.0 Å². The van der Waals surface area contributed by atoms with Crippen LogP contribution in [-0.4, -0.2) is 38.8 Å². The number of hydrogen-bond donors (Lipinski definition) is 1. The number of carbonyl (C=O) groups is 1. The van der Waals surface area contributed by atoms with Gasteiger partial charge in [-0.2, -0.15) is 4.31 Å². The average molecular weight is 431 g/mol. The number of nitrogens with zero attached hydrogens (tertiary/aromatic N) is 1. The Morgan fingerprint density at radius 3 is 2.47 bits per heavy atom. The number of aryl methyl sites for hydroxylation is 2. The van der Waals surface area contributed by atoms with Crippen LogP contribution in [0.3, 0.4) is 0 Å². The third-order valence-electron chi connectivity index (χ3n) is 5.84. The van der Waals surface area contributed by atoms with Crippen molar-refractivity contribution in [3.63, 3.8) is 0 Å². The zero-order valence-electron chi connectivity index (χ0n) is 18.0. The quantitative estimate of drug-likeness (QED) is 0.760. The van der Waals surface area contributed by atoms with E-state index in [9.17, 15) is 13.2 Å². The number of methoxy groups -OCH3 is 1. The van der Waals surface area contributed by atoms with E-state index in [2.05, 4.69) is 31.3 Å². The van der Waals surface area contributed by atoms with Crippen LogP contribution in [0, 0.1) is 19.8 Å². The number of rotatable bonds is 6. The van der Waals surface area contributed by atoms with Gasteiger partial charge in [0.15, 0.2) is 0 Å². The van der Waals surface area contributed by atoms with Crippen molar-refractivity contribution >= 4 is 15.9 Å². The molecule has 2 atom stereocenters. The summed E-state index contributed by atoms with van der Waals surface area (Å²) in [6, 6.07) is 12.4. The summed E-state index contributed by atoms with van der Waals surface area (Å²) in [4.78, 5) is 13.1. The van der Waals surface area contributed by atoms with Crippen LogP contribution in [0.15, 0.2) is 47.4 Å². The minimum absolute atomic E-state index is 0.102. The fourth-order valence-corrected chi connectivity index (χ4v) is 5.24. The second-order valence-corrected chi connectivity index (χ2v) is 9.89. The Labute approximate surface area is 179 Å². The van der Waals surface area contributed by atoms with Crippen molar-refractivity contribution in [2.75, 3.05) is 20.2 Å². The Kier molecular flexibility index (Phi) is 6.83. The number of hydrogen-bond acceptors (Lipinski definition) is 4. The summed E-state index contributed by atoms with van der Waals surface area (Å²) in [5, 5.41) is 3.06. The van der Waals surface area contributed by atoms with Crippen molar-refractivity contribution in [2.45, 2.75) is 44.6 Å². The van der Waals surface area contributed by atoms with E-state index in [0.717, 1.165) is 5.56 Å². The molecule has 1 saturated heterocycles. The smallest absolute Gasteiger partial charge is 0.243 e. The van der Waals surface area contributed by atoms with Crippen LogP contribution in [0.2, 0.25) is 0 Å². The molecule has 7 heteroatoms. The van der Waals surface area contributed by atoms with Crippen molar-refractivity contribution in [1.29, 1.82) is 0 Å². The fraction of sp³-hybridized carbons (Fsp3) is 0.435. The lowest BCUT2D eigenvalue weighted by atomic mass is 9.97. The summed E-state index contributed by atoms with van der Waals surface area (Å²) in [7, 11) is -2.11. The summed E-state index contributed by atoms with van der Waals surface area (Å²) < 4.78 is 32.6. The Morgan fingerprint density at radius 1 is 1.13 bits per heavy atom.